The molecule has 1 aliphatic heterocycles. The largest absolute Gasteiger partial charge is 0.507 e. The molecule has 1 aliphatic rings. The van der Waals surface area contributed by atoms with E-state index in [2.05, 4.69) is 4.98 Å². The molecule has 0 saturated carbocycles. The van der Waals surface area contributed by atoms with Gasteiger partial charge in [0.05, 0.1) is 10.7 Å². The lowest BCUT2D eigenvalue weighted by Gasteiger charge is -2.19. The van der Waals surface area contributed by atoms with Gasteiger partial charge in [0.25, 0.3) is 0 Å². The van der Waals surface area contributed by atoms with E-state index < -0.39 is 5.82 Å². The highest BCUT2D eigenvalue weighted by Gasteiger charge is 2.28. The van der Waals surface area contributed by atoms with Crippen molar-refractivity contribution in [3.8, 4) is 28.0 Å². The van der Waals surface area contributed by atoms with E-state index >= 15 is 0 Å². The number of phenolic OH excluding ortho intramolecular Hbond substituents is 1. The van der Waals surface area contributed by atoms with Crippen LogP contribution in [-0.2, 0) is 0 Å². The summed E-state index contributed by atoms with van der Waals surface area (Å²) < 4.78 is 14.6. The summed E-state index contributed by atoms with van der Waals surface area (Å²) in [5, 5.41) is 11.4. The number of aromatic nitrogens is 1. The summed E-state index contributed by atoms with van der Waals surface area (Å²) in [5.74, 6) is 0.0923. The summed E-state index contributed by atoms with van der Waals surface area (Å²) in [4.78, 5) is 21.7. The van der Waals surface area contributed by atoms with Crippen molar-refractivity contribution < 1.29 is 14.3 Å². The van der Waals surface area contributed by atoms with Crippen molar-refractivity contribution in [3.05, 3.63) is 59.5 Å². The van der Waals surface area contributed by atoms with E-state index in [4.69, 9.17) is 17.3 Å². The normalized spacial score (nSPS) is 13.7. The molecule has 2 aromatic carbocycles. The molecule has 0 unspecified atom stereocenters. The number of phenols is 1. The zero-order chi connectivity index (χ0) is 23.7. The summed E-state index contributed by atoms with van der Waals surface area (Å²) in [7, 11) is 3.59. The Bertz CT molecular complexity index is 1210. The van der Waals surface area contributed by atoms with E-state index in [0.717, 1.165) is 0 Å². The number of pyridine rings is 1. The molecule has 0 aliphatic carbocycles. The summed E-state index contributed by atoms with van der Waals surface area (Å²) in [6.07, 6.45) is 1.61. The molecule has 4 rings (SSSR count). The number of rotatable bonds is 6. The molecule has 2 amide bonds. The minimum Gasteiger partial charge on any atom is -0.507 e. The highest BCUT2D eigenvalue weighted by atomic mass is 35.5. The van der Waals surface area contributed by atoms with Gasteiger partial charge in [-0.2, -0.15) is 0 Å². The molecule has 0 spiro atoms. The quantitative estimate of drug-likeness (QED) is 0.565. The lowest BCUT2D eigenvalue weighted by molar-refractivity contribution is 0.229. The number of amides is 2. The third-order valence-electron chi connectivity index (χ3n) is 5.75. The number of likely N-dealkylation sites (N-methyl/N-ethyl adjacent to an activating group) is 2. The van der Waals surface area contributed by atoms with Gasteiger partial charge in [0.1, 0.15) is 17.4 Å². The van der Waals surface area contributed by atoms with E-state index in [1.165, 1.54) is 12.1 Å². The number of hydrogen-bond acceptors (Lipinski definition) is 5. The first-order valence-corrected chi connectivity index (χ1v) is 10.9. The maximum absolute atomic E-state index is 14.6. The van der Waals surface area contributed by atoms with Gasteiger partial charge in [-0.25, -0.2) is 14.2 Å². The SMILES string of the molecule is CN1CCN(c2ccc(-c3cc(F)cc(-c4ccnc(N(C)CCN)c4)c3O)cc2Cl)C1=O. The molecule has 7 nitrogen and oxygen atoms in total. The van der Waals surface area contributed by atoms with Crippen molar-refractivity contribution in [1.29, 1.82) is 0 Å². The molecular weight excluding hydrogens is 445 g/mol. The molecule has 0 radical (unpaired) electrons. The Hall–Kier alpha value is -3.36. The van der Waals surface area contributed by atoms with Crippen LogP contribution >= 0.6 is 11.6 Å². The van der Waals surface area contributed by atoms with Gasteiger partial charge in [0.2, 0.25) is 0 Å². The molecular formula is C24H25ClFN5O2. The number of carbonyl (C=O) groups is 1. The van der Waals surface area contributed by atoms with E-state index in [9.17, 15) is 14.3 Å². The van der Waals surface area contributed by atoms with Crippen molar-refractivity contribution >= 4 is 29.1 Å². The van der Waals surface area contributed by atoms with Gasteiger partial charge < -0.3 is 20.6 Å². The minimum absolute atomic E-state index is 0.0733. The first kappa shape index (κ1) is 22.8. The predicted molar refractivity (Wildman–Crippen MR) is 129 cm³/mol. The molecule has 1 fully saturated rings. The Morgan fingerprint density at radius 2 is 1.85 bits per heavy atom. The number of halogens is 2. The summed E-state index contributed by atoms with van der Waals surface area (Å²) in [6.45, 7) is 2.22. The molecule has 172 valence electrons. The van der Waals surface area contributed by atoms with Gasteiger partial charge >= 0.3 is 6.03 Å². The number of benzene rings is 2. The Labute approximate surface area is 196 Å². The summed E-state index contributed by atoms with van der Waals surface area (Å²) >= 11 is 6.49. The Morgan fingerprint density at radius 1 is 1.15 bits per heavy atom. The number of urea groups is 1. The van der Waals surface area contributed by atoms with Gasteiger partial charge in [-0.05, 0) is 47.5 Å². The first-order chi connectivity index (χ1) is 15.8. The molecule has 3 aromatic rings. The fourth-order valence-corrected chi connectivity index (χ4v) is 4.19. The predicted octanol–water partition coefficient (Wildman–Crippen LogP) is 4.18. The first-order valence-electron chi connectivity index (χ1n) is 10.5. The van der Waals surface area contributed by atoms with Gasteiger partial charge in [0.15, 0.2) is 0 Å². The summed E-state index contributed by atoms with van der Waals surface area (Å²) in [6, 6.07) is 11.0. The molecule has 3 N–H and O–H groups in total. The molecule has 0 bridgehead atoms. The molecule has 9 heteroatoms. The average molecular weight is 470 g/mol. The number of aromatic hydroxyl groups is 1. The lowest BCUT2D eigenvalue weighted by atomic mass is 9.97. The van der Waals surface area contributed by atoms with Crippen LogP contribution in [0.3, 0.4) is 0 Å². The third-order valence-corrected chi connectivity index (χ3v) is 6.06. The van der Waals surface area contributed by atoms with Gasteiger partial charge in [-0.15, -0.1) is 0 Å². The highest BCUT2D eigenvalue weighted by molar-refractivity contribution is 6.34. The van der Waals surface area contributed by atoms with Gasteiger partial charge in [-0.3, -0.25) is 4.90 Å². The van der Waals surface area contributed by atoms with E-state index in [1.807, 2.05) is 11.9 Å². The number of carbonyl (C=O) groups excluding carboxylic acids is 1. The summed E-state index contributed by atoms with van der Waals surface area (Å²) in [5.41, 5.74) is 8.01. The maximum Gasteiger partial charge on any atom is 0.324 e. The molecule has 33 heavy (non-hydrogen) atoms. The second-order valence-corrected chi connectivity index (χ2v) is 8.39. The van der Waals surface area contributed by atoms with Gasteiger partial charge in [0, 0.05) is 57.6 Å². The Morgan fingerprint density at radius 3 is 2.45 bits per heavy atom. The van der Waals surface area contributed by atoms with Crippen molar-refractivity contribution in [2.24, 2.45) is 5.73 Å². The second kappa shape index (κ2) is 9.25. The average Bonchev–Trinajstić information content (AvgIpc) is 3.13. The molecule has 0 atom stereocenters. The number of hydrogen-bond donors (Lipinski definition) is 2. The van der Waals surface area contributed by atoms with Gasteiger partial charge in [-0.1, -0.05) is 17.7 Å². The van der Waals surface area contributed by atoms with Crippen molar-refractivity contribution in [2.45, 2.75) is 0 Å². The van der Waals surface area contributed by atoms with Crippen LogP contribution in [0.5, 0.6) is 5.75 Å². The van der Waals surface area contributed by atoms with Crippen LogP contribution in [0.25, 0.3) is 22.3 Å². The Balaban J connectivity index is 1.73. The van der Waals surface area contributed by atoms with Crippen LogP contribution < -0.4 is 15.5 Å². The highest BCUT2D eigenvalue weighted by Crippen LogP contribution is 2.41. The van der Waals surface area contributed by atoms with Crippen LogP contribution in [-0.4, -0.2) is 61.3 Å². The van der Waals surface area contributed by atoms with E-state index in [0.29, 0.717) is 65.0 Å². The fraction of sp³-hybridized carbons (Fsp3) is 0.250. The van der Waals surface area contributed by atoms with E-state index in [1.54, 1.807) is 53.4 Å². The second-order valence-electron chi connectivity index (χ2n) is 7.98. The van der Waals surface area contributed by atoms with Crippen molar-refractivity contribution in [2.75, 3.05) is 50.1 Å². The van der Waals surface area contributed by atoms with E-state index in [-0.39, 0.29) is 11.8 Å². The third kappa shape index (κ3) is 4.44. The number of nitrogens with two attached hydrogens (primary N) is 1. The monoisotopic (exact) mass is 469 g/mol. The molecule has 2 heterocycles. The van der Waals surface area contributed by atoms with Crippen LogP contribution in [0.4, 0.5) is 20.7 Å². The van der Waals surface area contributed by atoms with Crippen LogP contribution in [0.15, 0.2) is 48.7 Å². The molecule has 1 saturated heterocycles. The fourth-order valence-electron chi connectivity index (χ4n) is 3.91. The van der Waals surface area contributed by atoms with Crippen LogP contribution in [0, 0.1) is 5.82 Å². The minimum atomic E-state index is -0.497. The number of nitrogens with zero attached hydrogens (tertiary/aromatic N) is 4. The van der Waals surface area contributed by atoms with Crippen molar-refractivity contribution in [1.82, 2.24) is 9.88 Å². The van der Waals surface area contributed by atoms with Crippen molar-refractivity contribution in [3.63, 3.8) is 0 Å². The zero-order valence-corrected chi connectivity index (χ0v) is 19.2. The van der Waals surface area contributed by atoms with Crippen LogP contribution in [0.1, 0.15) is 0 Å². The number of anilines is 2. The standard InChI is InChI=1S/C24H25ClFN5O2/c1-29(8-6-27)22-12-16(5-7-28-22)19-14-17(26)13-18(23(19)32)15-3-4-21(20(25)11-15)31-10-9-30(2)24(31)33/h3-5,7,11-14,32H,6,8-10,27H2,1-2H3. The molecule has 1 aromatic heterocycles. The smallest absolute Gasteiger partial charge is 0.324 e. The topological polar surface area (TPSA) is 85.9 Å². The van der Waals surface area contributed by atoms with Crippen LogP contribution in [0.2, 0.25) is 5.02 Å². The maximum atomic E-state index is 14.6. The Kier molecular flexibility index (Phi) is 6.40. The zero-order valence-electron chi connectivity index (χ0n) is 18.4. The lowest BCUT2D eigenvalue weighted by Crippen LogP contribution is -2.29.